The molecule has 0 unspecified atom stereocenters. The van der Waals surface area contributed by atoms with Gasteiger partial charge in [-0.2, -0.15) is 0 Å². The molecule has 0 aromatic carbocycles. The Morgan fingerprint density at radius 3 is 2.67 bits per heavy atom. The van der Waals surface area contributed by atoms with Crippen molar-refractivity contribution in [1.82, 2.24) is 10.3 Å². The molecule has 0 saturated heterocycles. The number of rotatable bonds is 3. The van der Waals surface area contributed by atoms with Gasteiger partial charge in [-0.1, -0.05) is 11.6 Å². The number of hydrogen-bond donors (Lipinski definition) is 1. The summed E-state index contributed by atoms with van der Waals surface area (Å²) < 4.78 is 17.8. The van der Waals surface area contributed by atoms with Crippen LogP contribution in [0.3, 0.4) is 0 Å². The highest BCUT2D eigenvalue weighted by molar-refractivity contribution is 6.32. The van der Waals surface area contributed by atoms with Crippen molar-refractivity contribution in [3.63, 3.8) is 0 Å². The van der Waals surface area contributed by atoms with Crippen LogP contribution in [0.2, 0.25) is 5.15 Å². The quantitative estimate of drug-likeness (QED) is 0.687. The van der Waals surface area contributed by atoms with E-state index in [0.717, 1.165) is 12.3 Å². The minimum Gasteiger partial charge on any atom is -0.469 e. The molecule has 7 heteroatoms. The number of hydrogen-bond acceptors (Lipinski definition) is 4. The highest BCUT2D eigenvalue weighted by atomic mass is 35.5. The number of carbonyl (C=O) groups excluding carboxylic acids is 2. The van der Waals surface area contributed by atoms with Gasteiger partial charge < -0.3 is 10.1 Å². The second-order valence-corrected chi connectivity index (χ2v) is 5.40. The van der Waals surface area contributed by atoms with Gasteiger partial charge in [0.2, 0.25) is 0 Å². The van der Waals surface area contributed by atoms with Crippen LogP contribution in [0.4, 0.5) is 4.39 Å². The number of aromatic nitrogens is 1. The molecule has 1 fully saturated rings. The van der Waals surface area contributed by atoms with Gasteiger partial charge in [-0.05, 0) is 31.7 Å². The highest BCUT2D eigenvalue weighted by Gasteiger charge is 2.28. The van der Waals surface area contributed by atoms with E-state index in [1.807, 2.05) is 0 Å². The predicted molar refractivity (Wildman–Crippen MR) is 74.4 cm³/mol. The van der Waals surface area contributed by atoms with Crippen LogP contribution in [0.5, 0.6) is 0 Å². The van der Waals surface area contributed by atoms with E-state index in [1.54, 1.807) is 0 Å². The number of nitrogens with one attached hydrogen (secondary N) is 1. The molecule has 0 aliphatic heterocycles. The first-order valence-corrected chi connectivity index (χ1v) is 7.08. The second-order valence-electron chi connectivity index (χ2n) is 5.04. The Balaban J connectivity index is 1.93. The lowest BCUT2D eigenvalue weighted by atomic mass is 9.86. The fraction of sp³-hybridized carbons (Fsp3) is 0.500. The summed E-state index contributed by atoms with van der Waals surface area (Å²) in [6.07, 6.45) is 3.62. The largest absolute Gasteiger partial charge is 0.469 e. The summed E-state index contributed by atoms with van der Waals surface area (Å²) in [4.78, 5) is 27.1. The maximum atomic E-state index is 13.1. The van der Waals surface area contributed by atoms with E-state index in [2.05, 4.69) is 10.3 Å². The number of halogens is 2. The second kappa shape index (κ2) is 6.85. The molecule has 1 aromatic rings. The van der Waals surface area contributed by atoms with E-state index in [1.165, 1.54) is 7.11 Å². The van der Waals surface area contributed by atoms with Crippen molar-refractivity contribution < 1.29 is 18.7 Å². The number of carbonyl (C=O) groups is 2. The van der Waals surface area contributed by atoms with Gasteiger partial charge in [-0.15, -0.1) is 0 Å². The Hall–Kier alpha value is -1.69. The van der Waals surface area contributed by atoms with Crippen molar-refractivity contribution >= 4 is 23.5 Å². The Kier molecular flexibility index (Phi) is 5.12. The van der Waals surface area contributed by atoms with E-state index < -0.39 is 11.7 Å². The Morgan fingerprint density at radius 2 is 2.05 bits per heavy atom. The first kappa shape index (κ1) is 15.7. The molecule has 21 heavy (non-hydrogen) atoms. The molecule has 1 saturated carbocycles. The smallest absolute Gasteiger partial charge is 0.308 e. The van der Waals surface area contributed by atoms with Gasteiger partial charge in [0, 0.05) is 6.04 Å². The van der Waals surface area contributed by atoms with Gasteiger partial charge in [0.1, 0.15) is 11.0 Å². The Morgan fingerprint density at radius 1 is 1.38 bits per heavy atom. The fourth-order valence-electron chi connectivity index (χ4n) is 2.49. The average Bonchev–Trinajstić information content (AvgIpc) is 2.49. The molecule has 1 aliphatic carbocycles. The van der Waals surface area contributed by atoms with Crippen molar-refractivity contribution in [1.29, 1.82) is 0 Å². The van der Waals surface area contributed by atoms with E-state index in [4.69, 9.17) is 16.3 Å². The van der Waals surface area contributed by atoms with Gasteiger partial charge in [-0.25, -0.2) is 9.37 Å². The zero-order chi connectivity index (χ0) is 15.4. The normalized spacial score (nSPS) is 21.7. The third-order valence-electron chi connectivity index (χ3n) is 3.65. The first-order chi connectivity index (χ1) is 10.0. The molecule has 0 spiro atoms. The summed E-state index contributed by atoms with van der Waals surface area (Å²) in [5.74, 6) is -1.38. The van der Waals surface area contributed by atoms with Crippen molar-refractivity contribution in [2.24, 2.45) is 5.92 Å². The lowest BCUT2D eigenvalue weighted by molar-refractivity contribution is -0.146. The summed E-state index contributed by atoms with van der Waals surface area (Å²) in [5.41, 5.74) is 0.0201. The molecule has 1 amide bonds. The molecule has 5 nitrogen and oxygen atoms in total. The minimum absolute atomic E-state index is 0.0201. The monoisotopic (exact) mass is 314 g/mol. The minimum atomic E-state index is -0.612. The average molecular weight is 315 g/mol. The molecule has 0 atom stereocenters. The molecule has 1 N–H and O–H groups in total. The van der Waals surface area contributed by atoms with Crippen molar-refractivity contribution in [3.05, 3.63) is 28.8 Å². The van der Waals surface area contributed by atoms with E-state index in [-0.39, 0.29) is 28.6 Å². The van der Waals surface area contributed by atoms with Crippen molar-refractivity contribution in [2.75, 3.05) is 7.11 Å². The molecule has 1 aliphatic rings. The third-order valence-corrected chi connectivity index (χ3v) is 3.95. The zero-order valence-electron chi connectivity index (χ0n) is 11.6. The Bertz CT molecular complexity index is 545. The van der Waals surface area contributed by atoms with Crippen LogP contribution in [0.15, 0.2) is 12.3 Å². The molecule has 0 radical (unpaired) electrons. The molecule has 1 heterocycles. The van der Waals surface area contributed by atoms with E-state index in [9.17, 15) is 14.0 Å². The summed E-state index contributed by atoms with van der Waals surface area (Å²) in [6, 6.07) is 1.00. The summed E-state index contributed by atoms with van der Waals surface area (Å²) in [6.45, 7) is 0. The standard InChI is InChI=1S/C14H16ClFN2O3/c1-21-14(20)8-2-4-10(5-3-8)18-13(19)11-6-9(16)7-17-12(11)15/h6-8,10H,2-5H2,1H3,(H,18,19). The van der Waals surface area contributed by atoms with Crippen LogP contribution >= 0.6 is 11.6 Å². The predicted octanol–water partition coefficient (Wildman–Crippen LogP) is 2.34. The van der Waals surface area contributed by atoms with Gasteiger partial charge in [0.25, 0.3) is 5.91 Å². The number of ether oxygens (including phenoxy) is 1. The van der Waals surface area contributed by atoms with E-state index >= 15 is 0 Å². The molecular weight excluding hydrogens is 299 g/mol. The fourth-order valence-corrected chi connectivity index (χ4v) is 2.67. The summed E-state index contributed by atoms with van der Waals surface area (Å²) in [5, 5.41) is 2.77. The first-order valence-electron chi connectivity index (χ1n) is 6.71. The van der Waals surface area contributed by atoms with Crippen LogP contribution < -0.4 is 5.32 Å². The number of amides is 1. The SMILES string of the molecule is COC(=O)C1CCC(NC(=O)c2cc(F)cnc2Cl)CC1. The maximum Gasteiger partial charge on any atom is 0.308 e. The topological polar surface area (TPSA) is 68.3 Å². The molecule has 0 bridgehead atoms. The maximum absolute atomic E-state index is 13.1. The van der Waals surface area contributed by atoms with Crippen LogP contribution in [-0.4, -0.2) is 30.0 Å². The van der Waals surface area contributed by atoms with Gasteiger partial charge >= 0.3 is 5.97 Å². The number of pyridine rings is 1. The van der Waals surface area contributed by atoms with Crippen molar-refractivity contribution in [2.45, 2.75) is 31.7 Å². The van der Waals surface area contributed by atoms with Gasteiger partial charge in [0.15, 0.2) is 0 Å². The number of methoxy groups -OCH3 is 1. The van der Waals surface area contributed by atoms with Crippen LogP contribution in [-0.2, 0) is 9.53 Å². The van der Waals surface area contributed by atoms with Crippen molar-refractivity contribution in [3.8, 4) is 0 Å². The molecular formula is C14H16ClFN2O3. The van der Waals surface area contributed by atoms with Crippen LogP contribution in [0, 0.1) is 11.7 Å². The number of esters is 1. The zero-order valence-corrected chi connectivity index (χ0v) is 12.3. The molecule has 114 valence electrons. The van der Waals surface area contributed by atoms with Gasteiger partial charge in [0.05, 0.1) is 24.8 Å². The highest BCUT2D eigenvalue weighted by Crippen LogP contribution is 2.25. The van der Waals surface area contributed by atoms with Crippen LogP contribution in [0.1, 0.15) is 36.0 Å². The summed E-state index contributed by atoms with van der Waals surface area (Å²) >= 11 is 5.79. The summed E-state index contributed by atoms with van der Waals surface area (Å²) in [7, 11) is 1.37. The van der Waals surface area contributed by atoms with Gasteiger partial charge in [-0.3, -0.25) is 9.59 Å². The lowest BCUT2D eigenvalue weighted by Crippen LogP contribution is -2.39. The number of nitrogens with zero attached hydrogens (tertiary/aromatic N) is 1. The molecule has 2 rings (SSSR count). The lowest BCUT2D eigenvalue weighted by Gasteiger charge is -2.27. The molecule has 1 aromatic heterocycles. The third kappa shape index (κ3) is 3.91. The Labute approximate surface area is 126 Å². The van der Waals surface area contributed by atoms with E-state index in [0.29, 0.717) is 25.7 Å². The van der Waals surface area contributed by atoms with Crippen LogP contribution in [0.25, 0.3) is 0 Å².